The minimum absolute atomic E-state index is 0.0427. The summed E-state index contributed by atoms with van der Waals surface area (Å²) in [7, 11) is 1.64. The average Bonchev–Trinajstić information content (AvgIpc) is 3.24. The largest absolute Gasteiger partial charge is 0.497 e. The molecule has 5 heteroatoms. The molecule has 1 saturated heterocycles. The van der Waals surface area contributed by atoms with Crippen LogP contribution < -0.4 is 14.8 Å². The molecule has 3 rings (SSSR count). The SMILES string of the molecule is CCC(NC(=O)c1ccc(OCC2CCCO2)cc1)c1ccc(OC)cc1. The van der Waals surface area contributed by atoms with Crippen LogP contribution in [0.15, 0.2) is 48.5 Å². The molecule has 2 atom stereocenters. The topological polar surface area (TPSA) is 56.8 Å². The zero-order chi connectivity index (χ0) is 19.1. The van der Waals surface area contributed by atoms with Gasteiger partial charge in [-0.3, -0.25) is 4.79 Å². The Morgan fingerprint density at radius 3 is 2.44 bits per heavy atom. The molecule has 27 heavy (non-hydrogen) atoms. The fourth-order valence-electron chi connectivity index (χ4n) is 3.17. The monoisotopic (exact) mass is 369 g/mol. The fraction of sp³-hybridized carbons (Fsp3) is 0.409. The Morgan fingerprint density at radius 2 is 1.85 bits per heavy atom. The Kier molecular flexibility index (Phi) is 6.71. The fourth-order valence-corrected chi connectivity index (χ4v) is 3.17. The van der Waals surface area contributed by atoms with Gasteiger partial charge in [-0.25, -0.2) is 0 Å². The van der Waals surface area contributed by atoms with Gasteiger partial charge in [0.2, 0.25) is 0 Å². The predicted octanol–water partition coefficient (Wildman–Crippen LogP) is 4.13. The maximum absolute atomic E-state index is 12.6. The molecule has 0 spiro atoms. The van der Waals surface area contributed by atoms with Crippen molar-refractivity contribution in [1.82, 2.24) is 5.32 Å². The summed E-state index contributed by atoms with van der Waals surface area (Å²) in [6.45, 7) is 3.43. The highest BCUT2D eigenvalue weighted by molar-refractivity contribution is 5.94. The Hall–Kier alpha value is -2.53. The van der Waals surface area contributed by atoms with Gasteiger partial charge in [0.25, 0.3) is 5.91 Å². The van der Waals surface area contributed by atoms with Crippen molar-refractivity contribution in [2.75, 3.05) is 20.3 Å². The first-order valence-electron chi connectivity index (χ1n) is 9.49. The summed E-state index contributed by atoms with van der Waals surface area (Å²) in [6.07, 6.45) is 3.13. The van der Waals surface area contributed by atoms with Gasteiger partial charge in [-0.1, -0.05) is 19.1 Å². The van der Waals surface area contributed by atoms with E-state index in [1.165, 1.54) is 0 Å². The van der Waals surface area contributed by atoms with E-state index in [1.807, 2.05) is 36.4 Å². The van der Waals surface area contributed by atoms with Crippen LogP contribution in [0.3, 0.4) is 0 Å². The first kappa shape index (κ1) is 19.2. The van der Waals surface area contributed by atoms with Crippen LogP contribution in [-0.2, 0) is 4.74 Å². The predicted molar refractivity (Wildman–Crippen MR) is 104 cm³/mol. The number of hydrogen-bond donors (Lipinski definition) is 1. The zero-order valence-electron chi connectivity index (χ0n) is 15.9. The van der Waals surface area contributed by atoms with Gasteiger partial charge in [0, 0.05) is 12.2 Å². The number of nitrogens with one attached hydrogen (secondary N) is 1. The first-order valence-corrected chi connectivity index (χ1v) is 9.49. The molecule has 1 fully saturated rings. The van der Waals surface area contributed by atoms with Gasteiger partial charge in [-0.05, 0) is 61.2 Å². The second kappa shape index (κ2) is 9.42. The standard InChI is InChI=1S/C22H27NO4/c1-3-21(16-6-10-18(25-2)11-7-16)23-22(24)17-8-12-19(13-9-17)27-15-20-5-4-14-26-20/h6-13,20-21H,3-5,14-15H2,1-2H3,(H,23,24). The molecular formula is C22H27NO4. The molecule has 0 saturated carbocycles. The van der Waals surface area contributed by atoms with Crippen LogP contribution in [0.2, 0.25) is 0 Å². The molecule has 0 bridgehead atoms. The van der Waals surface area contributed by atoms with E-state index in [1.54, 1.807) is 19.2 Å². The summed E-state index contributed by atoms with van der Waals surface area (Å²) in [4.78, 5) is 12.6. The van der Waals surface area contributed by atoms with Crippen LogP contribution in [0.25, 0.3) is 0 Å². The molecule has 2 aromatic rings. The normalized spacial score (nSPS) is 17.3. The molecule has 0 aliphatic carbocycles. The van der Waals surface area contributed by atoms with Crippen molar-refractivity contribution in [3.05, 3.63) is 59.7 Å². The summed E-state index contributed by atoms with van der Waals surface area (Å²) in [5.74, 6) is 1.46. The molecule has 1 amide bonds. The van der Waals surface area contributed by atoms with Crippen molar-refractivity contribution in [2.45, 2.75) is 38.3 Å². The minimum atomic E-state index is -0.0941. The van der Waals surface area contributed by atoms with Gasteiger partial charge in [-0.15, -0.1) is 0 Å². The van der Waals surface area contributed by atoms with E-state index in [9.17, 15) is 4.79 Å². The number of carbonyl (C=O) groups excluding carboxylic acids is 1. The highest BCUT2D eigenvalue weighted by atomic mass is 16.5. The van der Waals surface area contributed by atoms with Gasteiger partial charge in [0.15, 0.2) is 0 Å². The van der Waals surface area contributed by atoms with E-state index in [-0.39, 0.29) is 18.1 Å². The molecule has 0 radical (unpaired) electrons. The Labute approximate surface area is 160 Å². The molecule has 0 aromatic heterocycles. The third kappa shape index (κ3) is 5.23. The second-order valence-electron chi connectivity index (χ2n) is 6.68. The van der Waals surface area contributed by atoms with Crippen molar-refractivity contribution in [3.63, 3.8) is 0 Å². The third-order valence-corrected chi connectivity index (χ3v) is 4.81. The van der Waals surface area contributed by atoms with Crippen molar-refractivity contribution < 1.29 is 19.0 Å². The lowest BCUT2D eigenvalue weighted by Crippen LogP contribution is -2.28. The Balaban J connectivity index is 1.56. The lowest BCUT2D eigenvalue weighted by Gasteiger charge is -2.18. The first-order chi connectivity index (χ1) is 13.2. The molecule has 144 valence electrons. The summed E-state index contributed by atoms with van der Waals surface area (Å²) in [6, 6.07) is 15.0. The summed E-state index contributed by atoms with van der Waals surface area (Å²) < 4.78 is 16.5. The van der Waals surface area contributed by atoms with Crippen molar-refractivity contribution in [1.29, 1.82) is 0 Å². The summed E-state index contributed by atoms with van der Waals surface area (Å²) in [5, 5.41) is 3.09. The van der Waals surface area contributed by atoms with Gasteiger partial charge in [-0.2, -0.15) is 0 Å². The van der Waals surface area contributed by atoms with E-state index >= 15 is 0 Å². The molecular weight excluding hydrogens is 342 g/mol. The number of amides is 1. The second-order valence-corrected chi connectivity index (χ2v) is 6.68. The van der Waals surface area contributed by atoms with E-state index in [0.717, 1.165) is 42.9 Å². The van der Waals surface area contributed by atoms with Gasteiger partial charge < -0.3 is 19.5 Å². The summed E-state index contributed by atoms with van der Waals surface area (Å²) >= 11 is 0. The number of benzene rings is 2. The van der Waals surface area contributed by atoms with Crippen LogP contribution in [0.4, 0.5) is 0 Å². The van der Waals surface area contributed by atoms with Gasteiger partial charge in [0.1, 0.15) is 18.1 Å². The van der Waals surface area contributed by atoms with Crippen molar-refractivity contribution in [3.8, 4) is 11.5 Å². The quantitative estimate of drug-likeness (QED) is 0.760. The molecule has 2 unspecified atom stereocenters. The number of rotatable bonds is 8. The molecule has 2 aromatic carbocycles. The Morgan fingerprint density at radius 1 is 1.15 bits per heavy atom. The van der Waals surface area contributed by atoms with E-state index < -0.39 is 0 Å². The van der Waals surface area contributed by atoms with Crippen LogP contribution in [0, 0.1) is 0 Å². The maximum Gasteiger partial charge on any atom is 0.251 e. The highest BCUT2D eigenvalue weighted by Gasteiger charge is 2.17. The van der Waals surface area contributed by atoms with Gasteiger partial charge >= 0.3 is 0 Å². The van der Waals surface area contributed by atoms with E-state index in [0.29, 0.717) is 12.2 Å². The number of methoxy groups -OCH3 is 1. The van der Waals surface area contributed by atoms with E-state index in [2.05, 4.69) is 12.2 Å². The number of hydrogen-bond acceptors (Lipinski definition) is 4. The van der Waals surface area contributed by atoms with Crippen LogP contribution >= 0.6 is 0 Å². The Bertz CT molecular complexity index is 721. The van der Waals surface area contributed by atoms with Crippen LogP contribution in [0.1, 0.15) is 48.1 Å². The average molecular weight is 369 g/mol. The molecule has 1 heterocycles. The molecule has 1 aliphatic rings. The van der Waals surface area contributed by atoms with Crippen LogP contribution in [-0.4, -0.2) is 32.3 Å². The number of ether oxygens (including phenoxy) is 3. The smallest absolute Gasteiger partial charge is 0.251 e. The zero-order valence-corrected chi connectivity index (χ0v) is 15.9. The molecule has 1 N–H and O–H groups in total. The van der Waals surface area contributed by atoms with Crippen LogP contribution in [0.5, 0.6) is 11.5 Å². The highest BCUT2D eigenvalue weighted by Crippen LogP contribution is 2.21. The number of carbonyl (C=O) groups is 1. The minimum Gasteiger partial charge on any atom is -0.497 e. The lowest BCUT2D eigenvalue weighted by atomic mass is 10.0. The molecule has 1 aliphatic heterocycles. The lowest BCUT2D eigenvalue weighted by molar-refractivity contribution is 0.0679. The third-order valence-electron chi connectivity index (χ3n) is 4.81. The summed E-state index contributed by atoms with van der Waals surface area (Å²) in [5.41, 5.74) is 1.68. The van der Waals surface area contributed by atoms with Gasteiger partial charge in [0.05, 0.1) is 19.3 Å². The van der Waals surface area contributed by atoms with Crippen molar-refractivity contribution >= 4 is 5.91 Å². The maximum atomic E-state index is 12.6. The molecule has 5 nitrogen and oxygen atoms in total. The van der Waals surface area contributed by atoms with E-state index in [4.69, 9.17) is 14.2 Å². The van der Waals surface area contributed by atoms with Crippen molar-refractivity contribution in [2.24, 2.45) is 0 Å².